The van der Waals surface area contributed by atoms with Crippen LogP contribution in [0.1, 0.15) is 11.1 Å². The summed E-state index contributed by atoms with van der Waals surface area (Å²) in [5, 5.41) is 21.8. The molecule has 0 spiro atoms. The summed E-state index contributed by atoms with van der Waals surface area (Å²) in [6.07, 6.45) is 9.38. The fourth-order valence-electron chi connectivity index (χ4n) is 3.49. The number of methoxy groups -OCH3 is 1. The molecule has 0 radical (unpaired) electrons. The lowest BCUT2D eigenvalue weighted by Gasteiger charge is -1.99. The largest absolute Gasteiger partial charge is 0.497 e. The zero-order valence-electron chi connectivity index (χ0n) is 16.2. The van der Waals surface area contributed by atoms with Crippen molar-refractivity contribution in [2.24, 2.45) is 10.2 Å². The van der Waals surface area contributed by atoms with Crippen LogP contribution in [0.3, 0.4) is 0 Å². The van der Waals surface area contributed by atoms with Crippen LogP contribution in [-0.2, 0) is 0 Å². The van der Waals surface area contributed by atoms with E-state index in [4.69, 9.17) is 4.74 Å². The number of nitrogens with zero attached hydrogens (tertiary/aromatic N) is 3. The van der Waals surface area contributed by atoms with Crippen LogP contribution in [0.25, 0.3) is 28.8 Å². The van der Waals surface area contributed by atoms with Crippen molar-refractivity contribution < 1.29 is 9.84 Å². The zero-order valence-corrected chi connectivity index (χ0v) is 16.2. The Morgan fingerprint density at radius 3 is 2.67 bits per heavy atom. The average molecular weight is 394 g/mol. The molecule has 6 heteroatoms. The van der Waals surface area contributed by atoms with Gasteiger partial charge in [0.25, 0.3) is 0 Å². The number of H-pyrrole nitrogens is 1. The summed E-state index contributed by atoms with van der Waals surface area (Å²) in [5.74, 6) is 0.854. The molecule has 0 bridgehead atoms. The van der Waals surface area contributed by atoms with Crippen molar-refractivity contribution >= 4 is 34.4 Å². The maximum Gasteiger partial charge on any atom is 0.196 e. The second-order valence-electron chi connectivity index (χ2n) is 6.92. The van der Waals surface area contributed by atoms with Crippen LogP contribution in [0.2, 0.25) is 0 Å². The summed E-state index contributed by atoms with van der Waals surface area (Å²) >= 11 is 0. The molecule has 3 heterocycles. The van der Waals surface area contributed by atoms with Crippen LogP contribution in [0.15, 0.2) is 77.2 Å². The molecule has 30 heavy (non-hydrogen) atoms. The first-order valence-electron chi connectivity index (χ1n) is 9.46. The van der Waals surface area contributed by atoms with E-state index < -0.39 is 0 Å². The van der Waals surface area contributed by atoms with E-state index >= 15 is 0 Å². The summed E-state index contributed by atoms with van der Waals surface area (Å²) in [7, 11) is 1.62. The number of aromatic amines is 1. The van der Waals surface area contributed by atoms with Crippen molar-refractivity contribution in [2.75, 3.05) is 7.11 Å². The van der Waals surface area contributed by atoms with Crippen molar-refractivity contribution in [3.8, 4) is 11.6 Å². The van der Waals surface area contributed by atoms with Gasteiger partial charge in [-0.15, -0.1) is 10.2 Å². The zero-order chi connectivity index (χ0) is 20.5. The average Bonchev–Trinajstić information content (AvgIpc) is 3.32. The standard InChI is InChI=1S/C24H18N4O2/c1-30-17-4-7-21-19(14-17)20(24(29)26-21)12-16-2-5-18-22(27-28-23(18)13-16)6-3-15-8-10-25-11-9-15/h2-14,26,29H,1H3. The van der Waals surface area contributed by atoms with Gasteiger partial charge in [-0.3, -0.25) is 4.98 Å². The number of benzene rings is 2. The SMILES string of the molecule is COc1ccc2[nH]c(O)c(C=c3ccc4c(c3)N=NC=4C=Cc3ccncc3)c2c1. The third-order valence-corrected chi connectivity index (χ3v) is 5.04. The molecule has 0 amide bonds. The molecular formula is C24H18N4O2. The smallest absolute Gasteiger partial charge is 0.196 e. The van der Waals surface area contributed by atoms with Gasteiger partial charge in [-0.2, -0.15) is 0 Å². The van der Waals surface area contributed by atoms with Crippen LogP contribution in [0.4, 0.5) is 5.69 Å². The van der Waals surface area contributed by atoms with Gasteiger partial charge in [-0.1, -0.05) is 12.1 Å². The molecule has 5 rings (SSSR count). The molecule has 1 aliphatic rings. The summed E-state index contributed by atoms with van der Waals surface area (Å²) < 4.78 is 5.31. The summed E-state index contributed by atoms with van der Waals surface area (Å²) in [6, 6.07) is 15.5. The van der Waals surface area contributed by atoms with Crippen molar-refractivity contribution in [1.82, 2.24) is 9.97 Å². The highest BCUT2D eigenvalue weighted by Gasteiger charge is 2.10. The van der Waals surface area contributed by atoms with Gasteiger partial charge in [0.1, 0.15) is 5.75 Å². The highest BCUT2D eigenvalue weighted by atomic mass is 16.5. The van der Waals surface area contributed by atoms with Gasteiger partial charge in [-0.05, 0) is 65.4 Å². The van der Waals surface area contributed by atoms with E-state index in [9.17, 15) is 5.11 Å². The normalized spacial score (nSPS) is 13.5. The Hall–Kier alpha value is -4.19. The van der Waals surface area contributed by atoms with Gasteiger partial charge in [0.2, 0.25) is 0 Å². The number of rotatable bonds is 4. The van der Waals surface area contributed by atoms with Crippen LogP contribution < -0.4 is 15.2 Å². The lowest BCUT2D eigenvalue weighted by Crippen LogP contribution is -2.08. The molecule has 2 aromatic carbocycles. The second-order valence-corrected chi connectivity index (χ2v) is 6.92. The monoisotopic (exact) mass is 394 g/mol. The van der Waals surface area contributed by atoms with Gasteiger partial charge in [0, 0.05) is 34.1 Å². The number of hydrogen-bond acceptors (Lipinski definition) is 5. The van der Waals surface area contributed by atoms with Crippen molar-refractivity contribution in [3.63, 3.8) is 0 Å². The van der Waals surface area contributed by atoms with E-state index in [0.29, 0.717) is 5.56 Å². The minimum atomic E-state index is 0.118. The van der Waals surface area contributed by atoms with E-state index in [1.165, 1.54) is 0 Å². The van der Waals surface area contributed by atoms with Crippen LogP contribution in [0, 0.1) is 0 Å². The fourth-order valence-corrected chi connectivity index (χ4v) is 3.49. The van der Waals surface area contributed by atoms with E-state index in [2.05, 4.69) is 20.2 Å². The first-order chi connectivity index (χ1) is 14.7. The first-order valence-corrected chi connectivity index (χ1v) is 9.46. The summed E-state index contributed by atoms with van der Waals surface area (Å²) in [4.78, 5) is 7.02. The van der Waals surface area contributed by atoms with E-state index in [1.54, 1.807) is 19.5 Å². The minimum Gasteiger partial charge on any atom is -0.497 e. The highest BCUT2D eigenvalue weighted by Crippen LogP contribution is 2.30. The molecule has 0 unspecified atom stereocenters. The van der Waals surface area contributed by atoms with Crippen LogP contribution >= 0.6 is 0 Å². The molecule has 0 saturated heterocycles. The topological polar surface area (TPSA) is 82.9 Å². The van der Waals surface area contributed by atoms with E-state index in [0.717, 1.165) is 44.0 Å². The highest BCUT2D eigenvalue weighted by molar-refractivity contribution is 5.92. The third kappa shape index (κ3) is 3.24. The Kier molecular flexibility index (Phi) is 4.37. The molecule has 2 aromatic heterocycles. The molecule has 1 aliphatic heterocycles. The number of ether oxygens (including phenoxy) is 1. The van der Waals surface area contributed by atoms with Gasteiger partial charge in [0.05, 0.1) is 18.5 Å². The molecule has 4 aromatic rings. The summed E-state index contributed by atoms with van der Waals surface area (Å²) in [5.41, 5.74) is 4.22. The Bertz CT molecular complexity index is 1430. The number of hydrogen-bond donors (Lipinski definition) is 2. The third-order valence-electron chi connectivity index (χ3n) is 5.04. The maximum absolute atomic E-state index is 10.4. The summed E-state index contributed by atoms with van der Waals surface area (Å²) in [6.45, 7) is 0. The number of azo groups is 1. The van der Waals surface area contributed by atoms with Crippen molar-refractivity contribution in [3.05, 3.63) is 88.6 Å². The number of pyridine rings is 1. The van der Waals surface area contributed by atoms with Gasteiger partial charge in [-0.25, -0.2) is 0 Å². The lowest BCUT2D eigenvalue weighted by molar-refractivity contribution is 0.415. The molecule has 0 fully saturated rings. The van der Waals surface area contributed by atoms with Gasteiger partial charge < -0.3 is 14.8 Å². The maximum atomic E-state index is 10.4. The quantitative estimate of drug-likeness (QED) is 0.548. The first kappa shape index (κ1) is 17.9. The predicted octanol–water partition coefficient (Wildman–Crippen LogP) is 4.02. The molecule has 0 saturated carbocycles. The molecule has 146 valence electrons. The van der Waals surface area contributed by atoms with Crippen LogP contribution in [0.5, 0.6) is 11.6 Å². The number of fused-ring (bicyclic) bond motifs is 2. The number of aromatic nitrogens is 2. The number of aromatic hydroxyl groups is 1. The van der Waals surface area contributed by atoms with Gasteiger partial charge in [0.15, 0.2) is 5.88 Å². The Morgan fingerprint density at radius 2 is 1.83 bits per heavy atom. The van der Waals surface area contributed by atoms with Crippen LogP contribution in [-0.4, -0.2) is 22.2 Å². The molecular weight excluding hydrogens is 376 g/mol. The molecule has 0 atom stereocenters. The lowest BCUT2D eigenvalue weighted by atomic mass is 10.1. The Morgan fingerprint density at radius 1 is 0.967 bits per heavy atom. The van der Waals surface area contributed by atoms with Gasteiger partial charge >= 0.3 is 0 Å². The minimum absolute atomic E-state index is 0.118. The Balaban J connectivity index is 1.56. The second kappa shape index (κ2) is 7.33. The molecule has 6 nitrogen and oxygen atoms in total. The van der Waals surface area contributed by atoms with E-state index in [1.807, 2.05) is 66.8 Å². The molecule has 0 aliphatic carbocycles. The molecule has 2 N–H and O–H groups in total. The fraction of sp³-hybridized carbons (Fsp3) is 0.0417. The predicted molar refractivity (Wildman–Crippen MR) is 117 cm³/mol. The van der Waals surface area contributed by atoms with Crippen molar-refractivity contribution in [1.29, 1.82) is 0 Å². The van der Waals surface area contributed by atoms with Crippen molar-refractivity contribution in [2.45, 2.75) is 0 Å². The Labute approximate surface area is 172 Å². The van der Waals surface area contributed by atoms with E-state index in [-0.39, 0.29) is 5.88 Å². The number of nitrogens with one attached hydrogen (secondary N) is 1.